The van der Waals surface area contributed by atoms with Gasteiger partial charge in [-0.15, -0.1) is 11.3 Å². The summed E-state index contributed by atoms with van der Waals surface area (Å²) in [5.74, 6) is 2.57. The number of aryl methyl sites for hydroxylation is 3. The predicted molar refractivity (Wildman–Crippen MR) is 137 cm³/mol. The van der Waals surface area contributed by atoms with E-state index in [2.05, 4.69) is 18.7 Å². The summed E-state index contributed by atoms with van der Waals surface area (Å²) in [6, 6.07) is 7.90. The molecule has 2 aliphatic rings. The first-order valence-electron chi connectivity index (χ1n) is 12.5. The fraction of sp³-hybridized carbons (Fsp3) is 0.519. The van der Waals surface area contributed by atoms with Gasteiger partial charge in [-0.05, 0) is 56.2 Å². The van der Waals surface area contributed by atoms with Crippen LogP contribution in [0.25, 0.3) is 10.2 Å². The molecule has 5 rings (SSSR count). The summed E-state index contributed by atoms with van der Waals surface area (Å²) in [7, 11) is 0. The summed E-state index contributed by atoms with van der Waals surface area (Å²) in [6.07, 6.45) is 7.19. The number of thiophene rings is 1. The van der Waals surface area contributed by atoms with Gasteiger partial charge < -0.3 is 9.80 Å². The van der Waals surface area contributed by atoms with Gasteiger partial charge in [0, 0.05) is 42.5 Å². The lowest BCUT2D eigenvalue weighted by Gasteiger charge is -2.36. The van der Waals surface area contributed by atoms with Crippen molar-refractivity contribution >= 4 is 33.3 Å². The highest BCUT2D eigenvalue weighted by Gasteiger charge is 2.28. The minimum absolute atomic E-state index is 0.144. The van der Waals surface area contributed by atoms with Crippen molar-refractivity contribution in [2.45, 2.75) is 65.2 Å². The van der Waals surface area contributed by atoms with Crippen LogP contribution in [0.4, 0.5) is 5.82 Å². The monoisotopic (exact) mass is 462 g/mol. The van der Waals surface area contributed by atoms with Crippen molar-refractivity contribution in [3.63, 3.8) is 0 Å². The van der Waals surface area contributed by atoms with Crippen LogP contribution in [0, 0.1) is 6.92 Å². The third-order valence-corrected chi connectivity index (χ3v) is 8.54. The smallest absolute Gasteiger partial charge is 0.254 e. The van der Waals surface area contributed by atoms with E-state index >= 15 is 0 Å². The second-order valence-corrected chi connectivity index (χ2v) is 10.6. The van der Waals surface area contributed by atoms with Crippen molar-refractivity contribution < 1.29 is 4.79 Å². The molecule has 0 unspecified atom stereocenters. The lowest BCUT2D eigenvalue weighted by Crippen LogP contribution is -2.49. The molecule has 3 heterocycles. The number of hydrogen-bond acceptors (Lipinski definition) is 5. The van der Waals surface area contributed by atoms with E-state index in [1.807, 2.05) is 47.4 Å². The standard InChI is InChI=1S/C27H34N4OS/c1-4-18(2)24-28-25(23-21-12-6-5-7-13-22(21)33-26(23)29-24)30-14-16-31(17-15-30)27(32)20-11-9-8-10-19(20)3/h8-11,18H,4-7,12-17H2,1-3H3/t18-/m0/s1. The molecule has 0 saturated carbocycles. The van der Waals surface area contributed by atoms with Gasteiger partial charge in [0.15, 0.2) is 0 Å². The third kappa shape index (κ3) is 4.25. The Kier molecular flexibility index (Phi) is 6.37. The molecule has 3 aromatic rings. The van der Waals surface area contributed by atoms with Gasteiger partial charge in [0.25, 0.3) is 5.91 Å². The van der Waals surface area contributed by atoms with Crippen molar-refractivity contribution in [3.8, 4) is 0 Å². The van der Waals surface area contributed by atoms with Crippen LogP contribution < -0.4 is 4.90 Å². The first-order chi connectivity index (χ1) is 16.1. The summed E-state index contributed by atoms with van der Waals surface area (Å²) in [5, 5.41) is 1.29. The average molecular weight is 463 g/mol. The van der Waals surface area contributed by atoms with Crippen LogP contribution in [0.3, 0.4) is 0 Å². The second kappa shape index (κ2) is 9.41. The summed E-state index contributed by atoms with van der Waals surface area (Å²) in [4.78, 5) is 30.4. The molecule has 1 fully saturated rings. The molecule has 1 amide bonds. The van der Waals surface area contributed by atoms with Crippen LogP contribution in [0.15, 0.2) is 24.3 Å². The summed E-state index contributed by atoms with van der Waals surface area (Å²) < 4.78 is 0. The van der Waals surface area contributed by atoms with Crippen molar-refractivity contribution in [1.29, 1.82) is 0 Å². The number of anilines is 1. The highest BCUT2D eigenvalue weighted by Crippen LogP contribution is 2.40. The van der Waals surface area contributed by atoms with Gasteiger partial charge in [-0.1, -0.05) is 38.5 Å². The molecular weight excluding hydrogens is 428 g/mol. The van der Waals surface area contributed by atoms with Crippen molar-refractivity contribution in [2.75, 3.05) is 31.1 Å². The van der Waals surface area contributed by atoms with E-state index in [0.29, 0.717) is 5.92 Å². The summed E-state index contributed by atoms with van der Waals surface area (Å²) >= 11 is 1.90. The third-order valence-electron chi connectivity index (χ3n) is 7.36. The maximum absolute atomic E-state index is 13.1. The van der Waals surface area contributed by atoms with Gasteiger partial charge in [0.05, 0.1) is 5.39 Å². The zero-order chi connectivity index (χ0) is 22.9. The number of carbonyl (C=O) groups excluding carboxylic acids is 1. The van der Waals surface area contributed by atoms with E-state index in [9.17, 15) is 4.79 Å². The highest BCUT2D eigenvalue weighted by atomic mass is 32.1. The normalized spacial score (nSPS) is 17.7. The number of amides is 1. The van der Waals surface area contributed by atoms with E-state index < -0.39 is 0 Å². The number of aromatic nitrogens is 2. The second-order valence-electron chi connectivity index (χ2n) is 9.55. The maximum Gasteiger partial charge on any atom is 0.254 e. The van der Waals surface area contributed by atoms with Gasteiger partial charge in [-0.2, -0.15) is 0 Å². The molecule has 1 aromatic carbocycles. The minimum atomic E-state index is 0.144. The topological polar surface area (TPSA) is 49.3 Å². The number of piperazine rings is 1. The number of nitrogens with zero attached hydrogens (tertiary/aromatic N) is 4. The number of rotatable bonds is 4. The first kappa shape index (κ1) is 22.3. The van der Waals surface area contributed by atoms with E-state index in [1.165, 1.54) is 46.3 Å². The number of fused-ring (bicyclic) bond motifs is 3. The van der Waals surface area contributed by atoms with Crippen molar-refractivity contribution in [3.05, 3.63) is 51.7 Å². The number of hydrogen-bond donors (Lipinski definition) is 0. The Morgan fingerprint density at radius 2 is 1.82 bits per heavy atom. The zero-order valence-electron chi connectivity index (χ0n) is 20.1. The summed E-state index contributed by atoms with van der Waals surface area (Å²) in [6.45, 7) is 9.52. The molecule has 5 nitrogen and oxygen atoms in total. The molecule has 1 saturated heterocycles. The first-order valence-corrected chi connectivity index (χ1v) is 13.3. The molecule has 33 heavy (non-hydrogen) atoms. The number of carbonyl (C=O) groups is 1. The zero-order valence-corrected chi connectivity index (χ0v) is 20.9. The van der Waals surface area contributed by atoms with E-state index in [0.717, 1.165) is 61.8 Å². The average Bonchev–Trinajstić information content (AvgIpc) is 3.03. The van der Waals surface area contributed by atoms with Crippen LogP contribution in [0.2, 0.25) is 0 Å². The highest BCUT2D eigenvalue weighted by molar-refractivity contribution is 7.19. The Balaban J connectivity index is 1.46. The predicted octanol–water partition coefficient (Wildman–Crippen LogP) is 5.74. The van der Waals surface area contributed by atoms with Gasteiger partial charge >= 0.3 is 0 Å². The fourth-order valence-electron chi connectivity index (χ4n) is 5.07. The molecule has 0 N–H and O–H groups in total. The molecule has 0 spiro atoms. The molecule has 174 valence electrons. The Bertz CT molecular complexity index is 1160. The molecule has 1 aliphatic carbocycles. The molecule has 2 aromatic heterocycles. The quantitative estimate of drug-likeness (QED) is 0.464. The molecule has 1 aliphatic heterocycles. The Morgan fingerprint density at radius 1 is 1.06 bits per heavy atom. The lowest BCUT2D eigenvalue weighted by molar-refractivity contribution is 0.0746. The molecule has 6 heteroatoms. The Labute approximate surface area is 200 Å². The van der Waals surface area contributed by atoms with Crippen molar-refractivity contribution in [1.82, 2.24) is 14.9 Å². The van der Waals surface area contributed by atoms with E-state index in [1.54, 1.807) is 0 Å². The summed E-state index contributed by atoms with van der Waals surface area (Å²) in [5.41, 5.74) is 3.36. The van der Waals surface area contributed by atoms with Crippen LogP contribution in [0.1, 0.15) is 77.6 Å². The van der Waals surface area contributed by atoms with Crippen LogP contribution in [-0.4, -0.2) is 47.0 Å². The molecule has 1 atom stereocenters. The van der Waals surface area contributed by atoms with Crippen LogP contribution in [-0.2, 0) is 12.8 Å². The number of benzene rings is 1. The van der Waals surface area contributed by atoms with Crippen molar-refractivity contribution in [2.24, 2.45) is 0 Å². The molecular formula is C27H34N4OS. The van der Waals surface area contributed by atoms with E-state index in [-0.39, 0.29) is 5.91 Å². The largest absolute Gasteiger partial charge is 0.352 e. The molecule has 0 radical (unpaired) electrons. The SMILES string of the molecule is CC[C@H](C)c1nc(N2CCN(C(=O)c3ccccc3C)CC2)c2c3c(sc2n1)CCCCC3. The van der Waals surface area contributed by atoms with Crippen LogP contribution >= 0.6 is 11.3 Å². The van der Waals surface area contributed by atoms with Crippen LogP contribution in [0.5, 0.6) is 0 Å². The van der Waals surface area contributed by atoms with E-state index in [4.69, 9.17) is 9.97 Å². The van der Waals surface area contributed by atoms with Gasteiger partial charge in [-0.25, -0.2) is 9.97 Å². The fourth-order valence-corrected chi connectivity index (χ4v) is 6.33. The van der Waals surface area contributed by atoms with Gasteiger partial charge in [0.1, 0.15) is 16.5 Å². The minimum Gasteiger partial charge on any atom is -0.352 e. The van der Waals surface area contributed by atoms with Gasteiger partial charge in [0.2, 0.25) is 0 Å². The Morgan fingerprint density at radius 3 is 2.58 bits per heavy atom. The Hall–Kier alpha value is -2.47. The molecule has 0 bridgehead atoms. The van der Waals surface area contributed by atoms with Gasteiger partial charge in [-0.3, -0.25) is 4.79 Å². The maximum atomic E-state index is 13.1. The lowest BCUT2D eigenvalue weighted by atomic mass is 10.1.